The molecule has 25 heavy (non-hydrogen) atoms. The van der Waals surface area contributed by atoms with Gasteiger partial charge in [0.05, 0.1) is 5.69 Å². The average molecular weight is 355 g/mol. The van der Waals surface area contributed by atoms with Gasteiger partial charge in [0.2, 0.25) is 0 Å². The molecule has 0 heterocycles. The van der Waals surface area contributed by atoms with Crippen LogP contribution in [-0.2, 0) is 9.47 Å². The Bertz CT molecular complexity index is 660. The third-order valence-electron chi connectivity index (χ3n) is 2.70. The summed E-state index contributed by atoms with van der Waals surface area (Å²) in [4.78, 5) is 25.3. The van der Waals surface area contributed by atoms with Crippen molar-refractivity contribution >= 4 is 23.9 Å². The van der Waals surface area contributed by atoms with Crippen LogP contribution in [0.15, 0.2) is 18.7 Å². The number of hydrogen-bond acceptors (Lipinski definition) is 4. The van der Waals surface area contributed by atoms with Crippen LogP contribution in [0.1, 0.15) is 47.1 Å². The Labute approximate surface area is 146 Å². The van der Waals surface area contributed by atoms with E-state index >= 15 is 0 Å². The van der Waals surface area contributed by atoms with E-state index in [0.717, 1.165) is 18.2 Å². The smallest absolute Gasteiger partial charge is 0.424 e. The lowest BCUT2D eigenvalue weighted by Gasteiger charge is -2.29. The first-order chi connectivity index (χ1) is 11.3. The van der Waals surface area contributed by atoms with Crippen LogP contribution in [-0.4, -0.2) is 23.4 Å². The summed E-state index contributed by atoms with van der Waals surface area (Å²) in [7, 11) is 0. The van der Waals surface area contributed by atoms with Gasteiger partial charge in [-0.1, -0.05) is 12.7 Å². The van der Waals surface area contributed by atoms with E-state index < -0.39 is 46.3 Å². The van der Waals surface area contributed by atoms with Gasteiger partial charge in [-0.05, 0) is 53.7 Å². The van der Waals surface area contributed by atoms with Crippen LogP contribution in [0.2, 0.25) is 0 Å². The molecule has 0 radical (unpaired) electrons. The molecule has 5 nitrogen and oxygen atoms in total. The molecular weight excluding hydrogens is 332 g/mol. The summed E-state index contributed by atoms with van der Waals surface area (Å²) in [5.41, 5.74) is -2.82. The molecule has 138 valence electrons. The second-order valence-corrected chi connectivity index (χ2v) is 7.29. The van der Waals surface area contributed by atoms with Crippen LogP contribution in [0, 0.1) is 11.6 Å². The van der Waals surface area contributed by atoms with Crippen molar-refractivity contribution in [3.63, 3.8) is 0 Å². The molecule has 0 saturated heterocycles. The van der Waals surface area contributed by atoms with Gasteiger partial charge in [0.15, 0.2) is 5.82 Å². The van der Waals surface area contributed by atoms with Gasteiger partial charge in [0.1, 0.15) is 17.0 Å². The minimum absolute atomic E-state index is 0.401. The minimum Gasteiger partial charge on any atom is -0.443 e. The largest absolute Gasteiger partial charge is 0.443 e. The summed E-state index contributed by atoms with van der Waals surface area (Å²) in [5, 5.41) is 0. The number of benzene rings is 1. The van der Waals surface area contributed by atoms with Gasteiger partial charge in [-0.3, -0.25) is 0 Å². The van der Waals surface area contributed by atoms with Crippen LogP contribution in [0.25, 0.3) is 6.08 Å². The maximum absolute atomic E-state index is 14.6. The van der Waals surface area contributed by atoms with E-state index in [0.29, 0.717) is 4.90 Å². The maximum atomic E-state index is 14.6. The summed E-state index contributed by atoms with van der Waals surface area (Å²) in [6.07, 6.45) is -1.32. The molecule has 2 amide bonds. The Kier molecular flexibility index (Phi) is 5.94. The first-order valence-electron chi connectivity index (χ1n) is 7.63. The molecule has 0 aliphatic carbocycles. The van der Waals surface area contributed by atoms with Crippen LogP contribution < -0.4 is 4.90 Å². The van der Waals surface area contributed by atoms with E-state index in [1.54, 1.807) is 41.5 Å². The van der Waals surface area contributed by atoms with Gasteiger partial charge >= 0.3 is 12.2 Å². The number of rotatable bonds is 2. The molecule has 0 aromatic heterocycles. The molecule has 0 fully saturated rings. The summed E-state index contributed by atoms with van der Waals surface area (Å²) in [6.45, 7) is 12.9. The lowest BCUT2D eigenvalue weighted by Crippen LogP contribution is -2.44. The number of carbonyl (C=O) groups is 2. The van der Waals surface area contributed by atoms with Crippen molar-refractivity contribution in [1.82, 2.24) is 0 Å². The molecule has 0 bridgehead atoms. The Balaban J connectivity index is 3.44. The standard InChI is InChI=1S/C18H23F2NO4/c1-8-11-12(19)9-10-13(14(11)20)21(15(22)24-17(2,3)4)16(23)25-18(5,6)7/h8-10H,1H2,2-7H3. The maximum Gasteiger partial charge on any atom is 0.424 e. The molecule has 0 atom stereocenters. The number of carbonyl (C=O) groups excluding carboxylic acids is 2. The van der Waals surface area contributed by atoms with Crippen molar-refractivity contribution in [1.29, 1.82) is 0 Å². The van der Waals surface area contributed by atoms with E-state index in [2.05, 4.69) is 6.58 Å². The Morgan fingerprint density at radius 3 is 1.80 bits per heavy atom. The topological polar surface area (TPSA) is 55.8 Å². The molecule has 1 aromatic rings. The molecule has 0 unspecified atom stereocenters. The second kappa shape index (κ2) is 7.21. The van der Waals surface area contributed by atoms with Crippen molar-refractivity contribution in [3.05, 3.63) is 35.9 Å². The minimum atomic E-state index is -1.14. The Morgan fingerprint density at radius 1 is 1.00 bits per heavy atom. The first-order valence-corrected chi connectivity index (χ1v) is 7.63. The third-order valence-corrected chi connectivity index (χ3v) is 2.70. The number of amides is 2. The highest BCUT2D eigenvalue weighted by Crippen LogP contribution is 2.28. The highest BCUT2D eigenvalue weighted by atomic mass is 19.1. The first kappa shape index (κ1) is 20.6. The van der Waals surface area contributed by atoms with Crippen molar-refractivity contribution in [3.8, 4) is 0 Å². The van der Waals surface area contributed by atoms with Crippen molar-refractivity contribution in [2.24, 2.45) is 0 Å². The second-order valence-electron chi connectivity index (χ2n) is 7.29. The zero-order chi connectivity index (χ0) is 19.6. The van der Waals surface area contributed by atoms with Gasteiger partial charge in [0.25, 0.3) is 0 Å². The quantitative estimate of drug-likeness (QED) is 0.724. The number of hydrogen-bond donors (Lipinski definition) is 0. The number of anilines is 1. The molecule has 7 heteroatoms. The lowest BCUT2D eigenvalue weighted by molar-refractivity contribution is 0.0429. The Hall–Kier alpha value is -2.44. The van der Waals surface area contributed by atoms with Crippen LogP contribution >= 0.6 is 0 Å². The molecule has 0 spiro atoms. The summed E-state index contributed by atoms with van der Waals surface area (Å²) in [5.74, 6) is -1.99. The van der Waals surface area contributed by atoms with Gasteiger partial charge < -0.3 is 9.47 Å². The molecule has 0 aliphatic heterocycles. The lowest BCUT2D eigenvalue weighted by atomic mass is 10.1. The molecule has 0 aliphatic rings. The fourth-order valence-corrected chi connectivity index (χ4v) is 1.80. The van der Waals surface area contributed by atoms with Crippen molar-refractivity contribution in [2.45, 2.75) is 52.7 Å². The highest BCUT2D eigenvalue weighted by molar-refractivity contribution is 6.09. The normalized spacial score (nSPS) is 11.7. The fourth-order valence-electron chi connectivity index (χ4n) is 1.80. The number of halogens is 2. The van der Waals surface area contributed by atoms with Gasteiger partial charge in [-0.15, -0.1) is 0 Å². The zero-order valence-corrected chi connectivity index (χ0v) is 15.3. The van der Waals surface area contributed by atoms with E-state index in [1.165, 1.54) is 0 Å². The van der Waals surface area contributed by atoms with Crippen molar-refractivity contribution in [2.75, 3.05) is 4.90 Å². The number of imide groups is 1. The van der Waals surface area contributed by atoms with Gasteiger partial charge in [-0.25, -0.2) is 18.4 Å². The average Bonchev–Trinajstić information content (AvgIpc) is 2.38. The molecule has 0 N–H and O–H groups in total. The van der Waals surface area contributed by atoms with Crippen LogP contribution in [0.5, 0.6) is 0 Å². The summed E-state index contributed by atoms with van der Waals surface area (Å²) < 4.78 is 38.6. The molecule has 1 aromatic carbocycles. The molecule has 0 saturated carbocycles. The zero-order valence-electron chi connectivity index (χ0n) is 15.3. The number of nitrogens with zero attached hydrogens (tertiary/aromatic N) is 1. The van der Waals surface area contributed by atoms with Crippen molar-refractivity contribution < 1.29 is 27.8 Å². The molecule has 1 rings (SSSR count). The third kappa shape index (κ3) is 5.55. The van der Waals surface area contributed by atoms with E-state index in [4.69, 9.17) is 9.47 Å². The SMILES string of the molecule is C=Cc1c(F)ccc(N(C(=O)OC(C)(C)C)C(=O)OC(C)(C)C)c1F. The van der Waals surface area contributed by atoms with E-state index in [9.17, 15) is 18.4 Å². The van der Waals surface area contributed by atoms with Crippen LogP contribution in [0.3, 0.4) is 0 Å². The predicted octanol–water partition coefficient (Wildman–Crippen LogP) is 5.28. The summed E-state index contributed by atoms with van der Waals surface area (Å²) in [6, 6.07) is 1.89. The van der Waals surface area contributed by atoms with E-state index in [1.807, 2.05) is 0 Å². The van der Waals surface area contributed by atoms with Crippen LogP contribution in [0.4, 0.5) is 24.1 Å². The Morgan fingerprint density at radius 2 is 1.44 bits per heavy atom. The van der Waals surface area contributed by atoms with E-state index in [-0.39, 0.29) is 0 Å². The van der Waals surface area contributed by atoms with Gasteiger partial charge in [0, 0.05) is 5.56 Å². The molecular formula is C18H23F2NO4. The predicted molar refractivity (Wildman–Crippen MR) is 91.4 cm³/mol. The highest BCUT2D eigenvalue weighted by Gasteiger charge is 2.35. The summed E-state index contributed by atoms with van der Waals surface area (Å²) >= 11 is 0. The van der Waals surface area contributed by atoms with Gasteiger partial charge in [-0.2, -0.15) is 4.90 Å². The monoisotopic (exact) mass is 355 g/mol. The fraction of sp³-hybridized carbons (Fsp3) is 0.444. The number of ether oxygens (including phenoxy) is 2.